The lowest BCUT2D eigenvalue weighted by atomic mass is 10.0. The van der Waals surface area contributed by atoms with Crippen LogP contribution in [-0.4, -0.2) is 33.4 Å². The lowest BCUT2D eigenvalue weighted by molar-refractivity contribution is 0.102. The van der Waals surface area contributed by atoms with Gasteiger partial charge in [-0.2, -0.15) is 0 Å². The van der Waals surface area contributed by atoms with Crippen molar-refractivity contribution in [1.29, 1.82) is 0 Å². The fourth-order valence-corrected chi connectivity index (χ4v) is 3.44. The van der Waals surface area contributed by atoms with Crippen molar-refractivity contribution in [3.05, 3.63) is 59.2 Å². The largest absolute Gasteiger partial charge is 0.496 e. The molecule has 0 saturated heterocycles. The first-order valence-electron chi connectivity index (χ1n) is 8.27. The molecule has 26 heavy (non-hydrogen) atoms. The van der Waals surface area contributed by atoms with Gasteiger partial charge in [-0.3, -0.25) is 4.79 Å². The monoisotopic (exact) mass is 367 g/mol. The van der Waals surface area contributed by atoms with Crippen molar-refractivity contribution in [2.24, 2.45) is 7.05 Å². The van der Waals surface area contributed by atoms with E-state index < -0.39 is 0 Å². The Balaban J connectivity index is 1.76. The average molecular weight is 367 g/mol. The van der Waals surface area contributed by atoms with E-state index in [9.17, 15) is 4.79 Å². The Kier molecular flexibility index (Phi) is 5.42. The second kappa shape index (κ2) is 7.74. The van der Waals surface area contributed by atoms with Gasteiger partial charge in [0.1, 0.15) is 5.75 Å². The van der Waals surface area contributed by atoms with E-state index in [1.807, 2.05) is 67.9 Å². The topological polar surface area (TPSA) is 57.0 Å². The molecule has 0 unspecified atom stereocenters. The molecule has 6 heteroatoms. The Morgan fingerprint density at radius 3 is 2.62 bits per heavy atom. The highest BCUT2D eigenvalue weighted by Crippen LogP contribution is 2.30. The number of carbonyl (C=O) groups excluding carboxylic acids is 1. The van der Waals surface area contributed by atoms with Gasteiger partial charge in [-0.15, -0.1) is 10.2 Å². The van der Waals surface area contributed by atoms with Gasteiger partial charge in [0, 0.05) is 12.6 Å². The van der Waals surface area contributed by atoms with E-state index in [2.05, 4.69) is 10.2 Å². The number of benzene rings is 2. The lowest BCUT2D eigenvalue weighted by Gasteiger charge is -2.08. The normalized spacial score (nSPS) is 10.8. The maximum atomic E-state index is 12.5. The number of hydrogen-bond donors (Lipinski definition) is 0. The number of aryl methyl sites for hydroxylation is 2. The standard InChI is InChI=1S/C20H21N3O2S/c1-13-9-10-15(11-14(13)2)17(24)12-26-20-22-21-19(23(20)3)16-7-5-6-8-18(16)25-4/h5-11H,12H2,1-4H3. The number of carbonyl (C=O) groups is 1. The molecule has 0 aliphatic carbocycles. The highest BCUT2D eigenvalue weighted by atomic mass is 32.2. The molecule has 0 saturated carbocycles. The predicted molar refractivity (Wildman–Crippen MR) is 104 cm³/mol. The first-order valence-corrected chi connectivity index (χ1v) is 9.26. The molecule has 0 amide bonds. The third-order valence-electron chi connectivity index (χ3n) is 4.34. The summed E-state index contributed by atoms with van der Waals surface area (Å²) in [6, 6.07) is 13.5. The number of methoxy groups -OCH3 is 1. The van der Waals surface area contributed by atoms with E-state index in [0.29, 0.717) is 16.7 Å². The van der Waals surface area contributed by atoms with Crippen molar-refractivity contribution in [2.45, 2.75) is 19.0 Å². The average Bonchev–Trinajstić information content (AvgIpc) is 3.02. The molecule has 2 aromatic carbocycles. The van der Waals surface area contributed by atoms with E-state index >= 15 is 0 Å². The van der Waals surface area contributed by atoms with Gasteiger partial charge in [0.05, 0.1) is 18.4 Å². The molecule has 0 N–H and O–H groups in total. The van der Waals surface area contributed by atoms with E-state index in [-0.39, 0.29) is 5.78 Å². The second-order valence-electron chi connectivity index (χ2n) is 6.08. The van der Waals surface area contributed by atoms with Gasteiger partial charge in [0.15, 0.2) is 16.8 Å². The van der Waals surface area contributed by atoms with Crippen LogP contribution >= 0.6 is 11.8 Å². The van der Waals surface area contributed by atoms with Crippen LogP contribution in [0, 0.1) is 13.8 Å². The number of thioether (sulfide) groups is 1. The first-order chi connectivity index (χ1) is 12.5. The van der Waals surface area contributed by atoms with Crippen LogP contribution in [0.3, 0.4) is 0 Å². The minimum absolute atomic E-state index is 0.0833. The van der Waals surface area contributed by atoms with Gasteiger partial charge in [0.25, 0.3) is 0 Å². The van der Waals surface area contributed by atoms with Gasteiger partial charge in [-0.25, -0.2) is 0 Å². The fraction of sp³-hybridized carbons (Fsp3) is 0.250. The summed E-state index contributed by atoms with van der Waals surface area (Å²) < 4.78 is 7.28. The number of aromatic nitrogens is 3. The molecule has 0 aliphatic heterocycles. The number of para-hydroxylation sites is 1. The molecule has 0 atom stereocenters. The predicted octanol–water partition coefficient (Wildman–Crippen LogP) is 4.08. The van der Waals surface area contributed by atoms with Crippen molar-refractivity contribution in [2.75, 3.05) is 12.9 Å². The van der Waals surface area contributed by atoms with E-state index in [0.717, 1.165) is 22.4 Å². The van der Waals surface area contributed by atoms with Crippen LogP contribution in [0.4, 0.5) is 0 Å². The van der Waals surface area contributed by atoms with Gasteiger partial charge in [-0.1, -0.05) is 36.0 Å². The molecule has 0 radical (unpaired) electrons. The van der Waals surface area contributed by atoms with Crippen molar-refractivity contribution in [3.63, 3.8) is 0 Å². The summed E-state index contributed by atoms with van der Waals surface area (Å²) in [7, 11) is 3.53. The summed E-state index contributed by atoms with van der Waals surface area (Å²) in [5.74, 6) is 1.86. The Labute approximate surface area is 157 Å². The molecule has 0 spiro atoms. The molecule has 0 aliphatic rings. The molecule has 1 heterocycles. The SMILES string of the molecule is COc1ccccc1-c1nnc(SCC(=O)c2ccc(C)c(C)c2)n1C. The zero-order chi connectivity index (χ0) is 18.7. The summed E-state index contributed by atoms with van der Waals surface area (Å²) in [4.78, 5) is 12.5. The van der Waals surface area contributed by atoms with Gasteiger partial charge in [0.2, 0.25) is 0 Å². The third kappa shape index (κ3) is 3.65. The number of rotatable bonds is 6. The van der Waals surface area contributed by atoms with Crippen molar-refractivity contribution >= 4 is 17.5 Å². The molecule has 1 aromatic heterocycles. The van der Waals surface area contributed by atoms with E-state index in [1.54, 1.807) is 7.11 Å². The first kappa shape index (κ1) is 18.2. The van der Waals surface area contributed by atoms with E-state index in [4.69, 9.17) is 4.74 Å². The molecular formula is C20H21N3O2S. The van der Waals surface area contributed by atoms with Crippen molar-refractivity contribution in [1.82, 2.24) is 14.8 Å². The molecule has 0 bridgehead atoms. The minimum atomic E-state index is 0.0833. The minimum Gasteiger partial charge on any atom is -0.496 e. The van der Waals surface area contributed by atoms with Crippen LogP contribution in [0.5, 0.6) is 5.75 Å². The fourth-order valence-electron chi connectivity index (χ4n) is 2.63. The number of hydrogen-bond acceptors (Lipinski definition) is 5. The van der Waals surface area contributed by atoms with Crippen LogP contribution < -0.4 is 4.74 Å². The van der Waals surface area contributed by atoms with Crippen LogP contribution in [0.15, 0.2) is 47.6 Å². The quantitative estimate of drug-likeness (QED) is 0.485. The second-order valence-corrected chi connectivity index (χ2v) is 7.02. The zero-order valence-electron chi connectivity index (χ0n) is 15.3. The van der Waals surface area contributed by atoms with Gasteiger partial charge >= 0.3 is 0 Å². The number of ketones is 1. The number of Topliss-reactive ketones (excluding diaryl/α,β-unsaturated/α-hetero) is 1. The maximum Gasteiger partial charge on any atom is 0.191 e. The Morgan fingerprint density at radius 2 is 1.88 bits per heavy atom. The molecular weight excluding hydrogens is 346 g/mol. The van der Waals surface area contributed by atoms with Crippen LogP contribution in [0.2, 0.25) is 0 Å². The molecule has 0 fully saturated rings. The van der Waals surface area contributed by atoms with Gasteiger partial charge < -0.3 is 9.30 Å². The Hall–Kier alpha value is -2.60. The van der Waals surface area contributed by atoms with E-state index in [1.165, 1.54) is 17.3 Å². The summed E-state index contributed by atoms with van der Waals surface area (Å²) in [6.45, 7) is 4.05. The van der Waals surface area contributed by atoms with Crippen molar-refractivity contribution in [3.8, 4) is 17.1 Å². The summed E-state index contributed by atoms with van der Waals surface area (Å²) in [5.41, 5.74) is 3.91. The van der Waals surface area contributed by atoms with Crippen LogP contribution in [0.25, 0.3) is 11.4 Å². The van der Waals surface area contributed by atoms with Crippen LogP contribution in [0.1, 0.15) is 21.5 Å². The summed E-state index contributed by atoms with van der Waals surface area (Å²) in [5, 5.41) is 9.20. The third-order valence-corrected chi connectivity index (χ3v) is 5.36. The Bertz CT molecular complexity index is 950. The molecule has 134 valence electrons. The number of ether oxygens (including phenoxy) is 1. The molecule has 3 aromatic rings. The highest BCUT2D eigenvalue weighted by Gasteiger charge is 2.16. The molecule has 5 nitrogen and oxygen atoms in total. The molecule has 3 rings (SSSR count). The maximum absolute atomic E-state index is 12.5. The highest BCUT2D eigenvalue weighted by molar-refractivity contribution is 7.99. The Morgan fingerprint density at radius 1 is 1.12 bits per heavy atom. The number of nitrogens with zero attached hydrogens (tertiary/aromatic N) is 3. The lowest BCUT2D eigenvalue weighted by Crippen LogP contribution is -2.04. The summed E-state index contributed by atoms with van der Waals surface area (Å²) >= 11 is 1.39. The smallest absolute Gasteiger partial charge is 0.191 e. The zero-order valence-corrected chi connectivity index (χ0v) is 16.1. The van der Waals surface area contributed by atoms with Gasteiger partial charge in [-0.05, 0) is 43.2 Å². The van der Waals surface area contributed by atoms with Crippen molar-refractivity contribution < 1.29 is 9.53 Å². The summed E-state index contributed by atoms with van der Waals surface area (Å²) in [6.07, 6.45) is 0. The van der Waals surface area contributed by atoms with Crippen LogP contribution in [-0.2, 0) is 7.05 Å².